The number of hydrogen-bond acceptors (Lipinski definition) is 4. The van der Waals surface area contributed by atoms with Crippen LogP contribution in [0.4, 0.5) is 10.1 Å². The third-order valence-electron chi connectivity index (χ3n) is 6.40. The summed E-state index contributed by atoms with van der Waals surface area (Å²) in [5, 5.41) is 3.10. The molecule has 1 saturated heterocycles. The van der Waals surface area contributed by atoms with E-state index in [2.05, 4.69) is 15.1 Å². The minimum absolute atomic E-state index is 0.0154. The Morgan fingerprint density at radius 3 is 2.55 bits per heavy atom. The van der Waals surface area contributed by atoms with Gasteiger partial charge in [-0.25, -0.2) is 4.39 Å². The van der Waals surface area contributed by atoms with Gasteiger partial charge in [0, 0.05) is 44.5 Å². The van der Waals surface area contributed by atoms with Crippen molar-refractivity contribution in [3.05, 3.63) is 29.6 Å². The highest BCUT2D eigenvalue weighted by Gasteiger charge is 2.24. The Morgan fingerprint density at radius 2 is 1.90 bits per heavy atom. The number of nitrogens with one attached hydrogen (secondary N) is 1. The first kappa shape index (κ1) is 22.0. The van der Waals surface area contributed by atoms with E-state index < -0.39 is 0 Å². The van der Waals surface area contributed by atoms with Crippen LogP contribution in [-0.4, -0.2) is 62.8 Å². The van der Waals surface area contributed by atoms with Crippen molar-refractivity contribution >= 4 is 11.6 Å². The Bertz CT molecular complexity index is 654. The Hall–Kier alpha value is -1.66. The van der Waals surface area contributed by atoms with Crippen LogP contribution >= 0.6 is 0 Å². The topological polar surface area (TPSA) is 44.8 Å². The molecule has 1 heterocycles. The monoisotopic (exact) mass is 405 g/mol. The molecule has 3 rings (SSSR count). The van der Waals surface area contributed by atoms with Crippen molar-refractivity contribution in [1.29, 1.82) is 0 Å². The average Bonchev–Trinajstić information content (AvgIpc) is 2.74. The predicted octanol–water partition coefficient (Wildman–Crippen LogP) is 3.36. The van der Waals surface area contributed by atoms with Crippen LogP contribution in [0.3, 0.4) is 0 Å². The van der Waals surface area contributed by atoms with E-state index in [9.17, 15) is 9.18 Å². The fourth-order valence-electron chi connectivity index (χ4n) is 4.43. The van der Waals surface area contributed by atoms with E-state index in [4.69, 9.17) is 4.74 Å². The molecule has 1 saturated carbocycles. The first-order valence-corrected chi connectivity index (χ1v) is 11.2. The minimum atomic E-state index is -0.116. The van der Waals surface area contributed by atoms with E-state index in [0.717, 1.165) is 57.2 Å². The molecule has 29 heavy (non-hydrogen) atoms. The molecule has 1 aromatic carbocycles. The second-order valence-electron chi connectivity index (χ2n) is 8.47. The van der Waals surface area contributed by atoms with Crippen LogP contribution in [0.2, 0.25) is 0 Å². The molecule has 5 nitrogen and oxygen atoms in total. The van der Waals surface area contributed by atoms with Crippen molar-refractivity contribution in [1.82, 2.24) is 10.2 Å². The molecule has 6 heteroatoms. The highest BCUT2D eigenvalue weighted by Crippen LogP contribution is 2.27. The lowest BCUT2D eigenvalue weighted by atomic mass is 9.84. The molecule has 1 aliphatic carbocycles. The fourth-order valence-corrected chi connectivity index (χ4v) is 4.43. The molecule has 1 N–H and O–H groups in total. The molecule has 0 atom stereocenters. The van der Waals surface area contributed by atoms with Crippen LogP contribution in [0, 0.1) is 18.7 Å². The number of anilines is 1. The van der Waals surface area contributed by atoms with Crippen molar-refractivity contribution in [2.45, 2.75) is 52.0 Å². The predicted molar refractivity (Wildman–Crippen MR) is 115 cm³/mol. The number of ether oxygens (including phenoxy) is 1. The molecular weight excluding hydrogens is 369 g/mol. The number of halogens is 1. The second-order valence-corrected chi connectivity index (χ2v) is 8.47. The van der Waals surface area contributed by atoms with Crippen LogP contribution in [0.15, 0.2) is 18.2 Å². The first-order valence-electron chi connectivity index (χ1n) is 11.2. The van der Waals surface area contributed by atoms with E-state index in [1.54, 1.807) is 13.0 Å². The van der Waals surface area contributed by atoms with Gasteiger partial charge in [0.2, 0.25) is 5.91 Å². The number of benzene rings is 1. The summed E-state index contributed by atoms with van der Waals surface area (Å²) in [6.07, 6.45) is 5.79. The fraction of sp³-hybridized carbons (Fsp3) is 0.696. The van der Waals surface area contributed by atoms with Crippen molar-refractivity contribution < 1.29 is 13.9 Å². The molecule has 162 valence electrons. The largest absolute Gasteiger partial charge is 0.372 e. The van der Waals surface area contributed by atoms with Gasteiger partial charge in [0.1, 0.15) is 12.4 Å². The maximum absolute atomic E-state index is 13.8. The molecule has 2 aliphatic rings. The van der Waals surface area contributed by atoms with E-state index in [0.29, 0.717) is 18.2 Å². The van der Waals surface area contributed by atoms with E-state index in [-0.39, 0.29) is 18.3 Å². The molecule has 0 radical (unpaired) electrons. The van der Waals surface area contributed by atoms with Gasteiger partial charge in [-0.05, 0) is 76.1 Å². The Labute approximate surface area is 174 Å². The van der Waals surface area contributed by atoms with Crippen LogP contribution in [0.1, 0.15) is 44.6 Å². The van der Waals surface area contributed by atoms with Gasteiger partial charge in [0.05, 0.1) is 0 Å². The quantitative estimate of drug-likeness (QED) is 0.720. The molecule has 0 bridgehead atoms. The second kappa shape index (κ2) is 10.9. The molecule has 0 unspecified atom stereocenters. The summed E-state index contributed by atoms with van der Waals surface area (Å²) in [7, 11) is 0. The number of nitrogens with zero attached hydrogens (tertiary/aromatic N) is 2. The molecule has 1 amide bonds. The lowest BCUT2D eigenvalue weighted by molar-refractivity contribution is -0.126. The molecule has 0 spiro atoms. The highest BCUT2D eigenvalue weighted by atomic mass is 19.1. The average molecular weight is 406 g/mol. The number of aryl methyl sites for hydroxylation is 1. The number of amides is 1. The summed E-state index contributed by atoms with van der Waals surface area (Å²) in [6.45, 7) is 9.61. The summed E-state index contributed by atoms with van der Waals surface area (Å²) < 4.78 is 19.0. The SMILES string of the molecule is CCOCC(=O)NC1CCC(CCN2CCN(c3ccc(C)c(F)c3)CC2)CC1. The summed E-state index contributed by atoms with van der Waals surface area (Å²) in [5.74, 6) is 0.663. The van der Waals surface area contributed by atoms with Gasteiger partial charge in [-0.1, -0.05) is 6.07 Å². The van der Waals surface area contributed by atoms with Gasteiger partial charge >= 0.3 is 0 Å². The third-order valence-corrected chi connectivity index (χ3v) is 6.40. The molecule has 0 aromatic heterocycles. The maximum Gasteiger partial charge on any atom is 0.246 e. The third kappa shape index (κ3) is 6.68. The van der Waals surface area contributed by atoms with E-state index >= 15 is 0 Å². The standard InChI is InChI=1S/C23H36FN3O2/c1-3-29-17-23(28)25-20-7-5-19(6-8-20)10-11-26-12-14-27(15-13-26)21-9-4-18(2)22(24)16-21/h4,9,16,19-20H,3,5-8,10-15,17H2,1-2H3,(H,25,28). The van der Waals surface area contributed by atoms with Crippen LogP contribution in [-0.2, 0) is 9.53 Å². The van der Waals surface area contributed by atoms with Crippen LogP contribution in [0.25, 0.3) is 0 Å². The van der Waals surface area contributed by atoms with Gasteiger partial charge < -0.3 is 15.0 Å². The number of piperazine rings is 1. The van der Waals surface area contributed by atoms with Gasteiger partial charge in [0.15, 0.2) is 0 Å². The van der Waals surface area contributed by atoms with Crippen LogP contribution < -0.4 is 10.2 Å². The lowest BCUT2D eigenvalue weighted by Crippen LogP contribution is -2.47. The summed E-state index contributed by atoms with van der Waals surface area (Å²) >= 11 is 0. The molecule has 2 fully saturated rings. The zero-order valence-electron chi connectivity index (χ0n) is 18.0. The summed E-state index contributed by atoms with van der Waals surface area (Å²) in [5.41, 5.74) is 1.70. The Kier molecular flexibility index (Phi) is 8.30. The number of carbonyl (C=O) groups is 1. The van der Waals surface area contributed by atoms with E-state index in [1.165, 1.54) is 19.3 Å². The number of carbonyl (C=O) groups excluding carboxylic acids is 1. The molecule has 1 aromatic rings. The normalized spacial score (nSPS) is 23.2. The lowest BCUT2D eigenvalue weighted by Gasteiger charge is -2.37. The summed E-state index contributed by atoms with van der Waals surface area (Å²) in [4.78, 5) is 16.6. The summed E-state index contributed by atoms with van der Waals surface area (Å²) in [6, 6.07) is 5.88. The number of hydrogen-bond donors (Lipinski definition) is 1. The smallest absolute Gasteiger partial charge is 0.246 e. The maximum atomic E-state index is 13.8. The van der Waals surface area contributed by atoms with Crippen molar-refractivity contribution in [3.8, 4) is 0 Å². The molecule has 1 aliphatic heterocycles. The van der Waals surface area contributed by atoms with Gasteiger partial charge in [0.25, 0.3) is 0 Å². The van der Waals surface area contributed by atoms with Gasteiger partial charge in [-0.15, -0.1) is 0 Å². The molecular formula is C23H36FN3O2. The van der Waals surface area contributed by atoms with Crippen molar-refractivity contribution in [3.63, 3.8) is 0 Å². The van der Waals surface area contributed by atoms with E-state index in [1.807, 2.05) is 19.1 Å². The van der Waals surface area contributed by atoms with Crippen LogP contribution in [0.5, 0.6) is 0 Å². The van der Waals surface area contributed by atoms with Gasteiger partial charge in [-0.2, -0.15) is 0 Å². The minimum Gasteiger partial charge on any atom is -0.372 e. The highest BCUT2D eigenvalue weighted by molar-refractivity contribution is 5.77. The first-order chi connectivity index (χ1) is 14.0. The van der Waals surface area contributed by atoms with Crippen molar-refractivity contribution in [2.24, 2.45) is 5.92 Å². The van der Waals surface area contributed by atoms with Crippen molar-refractivity contribution in [2.75, 3.05) is 50.8 Å². The van der Waals surface area contributed by atoms with Gasteiger partial charge in [-0.3, -0.25) is 9.69 Å². The zero-order valence-corrected chi connectivity index (χ0v) is 18.0. The number of rotatable bonds is 8. The Balaban J connectivity index is 1.32. The Morgan fingerprint density at radius 1 is 1.17 bits per heavy atom. The zero-order chi connectivity index (χ0) is 20.6.